The van der Waals surface area contributed by atoms with Crippen LogP contribution in [0.3, 0.4) is 0 Å². The molecule has 26 heavy (non-hydrogen) atoms. The van der Waals surface area contributed by atoms with Gasteiger partial charge in [-0.3, -0.25) is 14.8 Å². The minimum Gasteiger partial charge on any atom is -0.348 e. The number of fused-ring (bicyclic) bond motifs is 1. The van der Waals surface area contributed by atoms with Crippen molar-refractivity contribution >= 4 is 22.6 Å². The van der Waals surface area contributed by atoms with Gasteiger partial charge in [-0.25, -0.2) is 14.3 Å². The van der Waals surface area contributed by atoms with E-state index in [0.717, 1.165) is 22.9 Å². The highest BCUT2D eigenvalue weighted by Gasteiger charge is 2.09. The second-order valence-corrected chi connectivity index (χ2v) is 5.65. The number of amides is 2. The molecule has 3 rings (SSSR count). The molecule has 0 spiro atoms. The molecule has 0 radical (unpaired) electrons. The number of rotatable bonds is 4. The van der Waals surface area contributed by atoms with E-state index in [1.807, 2.05) is 0 Å². The lowest BCUT2D eigenvalue weighted by Gasteiger charge is -2.08. The summed E-state index contributed by atoms with van der Waals surface area (Å²) in [6.45, 7) is 0.0592. The Balaban J connectivity index is 1.75. The Kier molecular flexibility index (Phi) is 4.90. The van der Waals surface area contributed by atoms with Crippen molar-refractivity contribution in [3.8, 4) is 0 Å². The Hall–Kier alpha value is -3.32. The Labute approximate surface area is 147 Å². The number of benzene rings is 3. The number of hydroxylamine groups is 1. The smallest absolute Gasteiger partial charge is 0.274 e. The summed E-state index contributed by atoms with van der Waals surface area (Å²) in [6, 6.07) is 13.1. The van der Waals surface area contributed by atoms with E-state index in [-0.39, 0.29) is 18.0 Å². The summed E-state index contributed by atoms with van der Waals surface area (Å²) in [6.07, 6.45) is 0. The molecule has 0 aliphatic heterocycles. The molecule has 0 bridgehead atoms. The first-order chi connectivity index (χ1) is 12.5. The van der Waals surface area contributed by atoms with Crippen LogP contribution >= 0.6 is 0 Å². The van der Waals surface area contributed by atoms with Gasteiger partial charge in [0.25, 0.3) is 11.8 Å². The van der Waals surface area contributed by atoms with Crippen LogP contribution in [0.2, 0.25) is 0 Å². The minimum atomic E-state index is -0.967. The fourth-order valence-corrected chi connectivity index (χ4v) is 2.53. The van der Waals surface area contributed by atoms with Gasteiger partial charge in [-0.15, -0.1) is 0 Å². The number of nitrogens with one attached hydrogen (secondary N) is 2. The molecule has 3 N–H and O–H groups in total. The van der Waals surface area contributed by atoms with Crippen molar-refractivity contribution in [1.29, 1.82) is 0 Å². The van der Waals surface area contributed by atoms with E-state index in [1.54, 1.807) is 35.8 Å². The van der Waals surface area contributed by atoms with Crippen LogP contribution in [0.5, 0.6) is 0 Å². The summed E-state index contributed by atoms with van der Waals surface area (Å²) in [4.78, 5) is 23.7. The standard InChI is InChI=1S/C19H14F2N2O3/c20-16-6-1-11(7-17(16)21)10-22-18(24)14-4-2-13-9-15(19(25)23-26)5-3-12(13)8-14/h1-9,26H,10H2,(H,22,24)(H,23,25). The third kappa shape index (κ3) is 3.68. The lowest BCUT2D eigenvalue weighted by Crippen LogP contribution is -2.22. The normalized spacial score (nSPS) is 10.6. The Bertz CT molecular complexity index is 1010. The van der Waals surface area contributed by atoms with Gasteiger partial charge in [0.15, 0.2) is 11.6 Å². The van der Waals surface area contributed by atoms with Crippen LogP contribution in [-0.4, -0.2) is 17.0 Å². The SMILES string of the molecule is O=C(NO)c1ccc2cc(C(=O)NCc3ccc(F)c(F)c3)ccc2c1. The highest BCUT2D eigenvalue weighted by atomic mass is 19.2. The van der Waals surface area contributed by atoms with Crippen LogP contribution in [-0.2, 0) is 6.54 Å². The molecule has 3 aromatic rings. The van der Waals surface area contributed by atoms with Crippen molar-refractivity contribution in [2.45, 2.75) is 6.54 Å². The quantitative estimate of drug-likeness (QED) is 0.496. The highest BCUT2D eigenvalue weighted by Crippen LogP contribution is 2.18. The van der Waals surface area contributed by atoms with Crippen LogP contribution in [0.1, 0.15) is 26.3 Å². The third-order valence-corrected chi connectivity index (χ3v) is 3.90. The molecule has 0 atom stereocenters. The molecule has 0 heterocycles. The number of hydrogen-bond donors (Lipinski definition) is 3. The first-order valence-corrected chi connectivity index (χ1v) is 7.68. The molecule has 5 nitrogen and oxygen atoms in total. The lowest BCUT2D eigenvalue weighted by molar-refractivity contribution is 0.0706. The van der Waals surface area contributed by atoms with E-state index in [2.05, 4.69) is 5.32 Å². The summed E-state index contributed by atoms with van der Waals surface area (Å²) >= 11 is 0. The van der Waals surface area contributed by atoms with Gasteiger partial charge < -0.3 is 5.32 Å². The average molecular weight is 356 g/mol. The number of halogens is 2. The molecule has 0 saturated heterocycles. The first-order valence-electron chi connectivity index (χ1n) is 7.68. The van der Waals surface area contributed by atoms with Crippen molar-refractivity contribution in [3.05, 3.63) is 82.9 Å². The second kappa shape index (κ2) is 7.28. The van der Waals surface area contributed by atoms with E-state index in [0.29, 0.717) is 11.1 Å². The van der Waals surface area contributed by atoms with Gasteiger partial charge in [-0.1, -0.05) is 18.2 Å². The summed E-state index contributed by atoms with van der Waals surface area (Å²) < 4.78 is 26.1. The summed E-state index contributed by atoms with van der Waals surface area (Å²) in [7, 11) is 0. The summed E-state index contributed by atoms with van der Waals surface area (Å²) in [5.41, 5.74) is 2.68. The van der Waals surface area contributed by atoms with E-state index < -0.39 is 17.5 Å². The maximum absolute atomic E-state index is 13.2. The van der Waals surface area contributed by atoms with Crippen LogP contribution < -0.4 is 10.8 Å². The number of carbonyl (C=O) groups is 2. The van der Waals surface area contributed by atoms with Gasteiger partial charge in [0.2, 0.25) is 0 Å². The molecule has 0 saturated carbocycles. The highest BCUT2D eigenvalue weighted by molar-refractivity contribution is 6.01. The monoisotopic (exact) mass is 356 g/mol. The molecule has 0 aromatic heterocycles. The first kappa shape index (κ1) is 17.5. The molecule has 7 heteroatoms. The number of hydrogen-bond acceptors (Lipinski definition) is 3. The van der Waals surface area contributed by atoms with Gasteiger partial charge in [0, 0.05) is 17.7 Å². The van der Waals surface area contributed by atoms with Crippen molar-refractivity contribution in [2.75, 3.05) is 0 Å². The molecule has 0 aliphatic rings. The Morgan fingerprint density at radius 3 is 2.00 bits per heavy atom. The van der Waals surface area contributed by atoms with Crippen molar-refractivity contribution in [1.82, 2.24) is 10.8 Å². The fourth-order valence-electron chi connectivity index (χ4n) is 2.53. The molecular weight excluding hydrogens is 342 g/mol. The van der Waals surface area contributed by atoms with E-state index >= 15 is 0 Å². The zero-order valence-electron chi connectivity index (χ0n) is 13.4. The zero-order chi connectivity index (χ0) is 18.7. The average Bonchev–Trinajstić information content (AvgIpc) is 2.67. The fraction of sp³-hybridized carbons (Fsp3) is 0.0526. The third-order valence-electron chi connectivity index (χ3n) is 3.90. The van der Waals surface area contributed by atoms with Crippen LogP contribution in [0.25, 0.3) is 10.8 Å². The van der Waals surface area contributed by atoms with Crippen LogP contribution in [0.4, 0.5) is 8.78 Å². The molecule has 132 valence electrons. The van der Waals surface area contributed by atoms with Gasteiger partial charge >= 0.3 is 0 Å². The predicted octanol–water partition coefficient (Wildman–Crippen LogP) is 3.17. The molecule has 0 fully saturated rings. The molecule has 2 amide bonds. The number of carbonyl (C=O) groups excluding carboxylic acids is 2. The van der Waals surface area contributed by atoms with E-state index in [9.17, 15) is 18.4 Å². The van der Waals surface area contributed by atoms with Gasteiger partial charge in [-0.05, 0) is 52.7 Å². The molecule has 0 aliphatic carbocycles. The van der Waals surface area contributed by atoms with Crippen molar-refractivity contribution in [2.24, 2.45) is 0 Å². The topological polar surface area (TPSA) is 78.4 Å². The zero-order valence-corrected chi connectivity index (χ0v) is 13.4. The largest absolute Gasteiger partial charge is 0.348 e. The summed E-state index contributed by atoms with van der Waals surface area (Å²) in [5, 5.41) is 12.8. The Morgan fingerprint density at radius 2 is 1.42 bits per heavy atom. The van der Waals surface area contributed by atoms with E-state index in [4.69, 9.17) is 5.21 Å². The maximum atomic E-state index is 13.2. The maximum Gasteiger partial charge on any atom is 0.274 e. The summed E-state index contributed by atoms with van der Waals surface area (Å²) in [5.74, 6) is -2.90. The second-order valence-electron chi connectivity index (χ2n) is 5.65. The van der Waals surface area contributed by atoms with Crippen LogP contribution in [0.15, 0.2) is 54.6 Å². The molecule has 3 aromatic carbocycles. The molecule has 0 unspecified atom stereocenters. The van der Waals surface area contributed by atoms with Gasteiger partial charge in [-0.2, -0.15) is 0 Å². The van der Waals surface area contributed by atoms with Crippen LogP contribution in [0, 0.1) is 11.6 Å². The van der Waals surface area contributed by atoms with Gasteiger partial charge in [0.1, 0.15) is 0 Å². The lowest BCUT2D eigenvalue weighted by atomic mass is 10.0. The minimum absolute atomic E-state index is 0.0592. The van der Waals surface area contributed by atoms with Crippen molar-refractivity contribution < 1.29 is 23.6 Å². The molecular formula is C19H14F2N2O3. The predicted molar refractivity (Wildman–Crippen MR) is 90.7 cm³/mol. The van der Waals surface area contributed by atoms with Crippen molar-refractivity contribution in [3.63, 3.8) is 0 Å². The van der Waals surface area contributed by atoms with E-state index in [1.165, 1.54) is 12.1 Å². The Morgan fingerprint density at radius 1 is 0.808 bits per heavy atom. The van der Waals surface area contributed by atoms with Gasteiger partial charge in [0.05, 0.1) is 0 Å².